The Morgan fingerprint density at radius 2 is 1.83 bits per heavy atom. The molecule has 4 nitrogen and oxygen atoms in total. The Morgan fingerprint density at radius 3 is 2.42 bits per heavy atom. The Hall–Kier alpha value is -0.130. The second kappa shape index (κ2) is 2.68. The molecular formula is C7H13NO3S. The zero-order valence-electron chi connectivity index (χ0n) is 6.88. The van der Waals surface area contributed by atoms with Crippen LogP contribution in [0.5, 0.6) is 0 Å². The minimum Gasteiger partial charge on any atom is -0.258 e. The third-order valence-electron chi connectivity index (χ3n) is 2.72. The molecule has 1 spiro atoms. The van der Waals surface area contributed by atoms with Crippen LogP contribution < -0.4 is 4.72 Å². The predicted molar refractivity (Wildman–Crippen MR) is 43.8 cm³/mol. The SMILES string of the molecule is O=S1(=O)NC2(CCCC2)CCO1. The second-order valence-electron chi connectivity index (χ2n) is 3.62. The molecule has 2 fully saturated rings. The molecule has 0 aromatic heterocycles. The van der Waals surface area contributed by atoms with Crippen LogP contribution in [-0.2, 0) is 14.5 Å². The van der Waals surface area contributed by atoms with E-state index in [0.29, 0.717) is 6.61 Å². The fourth-order valence-corrected chi connectivity index (χ4v) is 3.29. The van der Waals surface area contributed by atoms with Gasteiger partial charge >= 0.3 is 10.3 Å². The van der Waals surface area contributed by atoms with Crippen molar-refractivity contribution in [2.75, 3.05) is 6.61 Å². The molecule has 1 aliphatic carbocycles. The summed E-state index contributed by atoms with van der Waals surface area (Å²) < 4.78 is 29.4. The van der Waals surface area contributed by atoms with E-state index in [-0.39, 0.29) is 5.54 Å². The van der Waals surface area contributed by atoms with Gasteiger partial charge in [0.05, 0.1) is 6.61 Å². The van der Waals surface area contributed by atoms with Crippen molar-refractivity contribution < 1.29 is 12.6 Å². The number of rotatable bonds is 0. The molecule has 0 aromatic rings. The first kappa shape index (κ1) is 8.47. The Morgan fingerprint density at radius 1 is 1.17 bits per heavy atom. The first-order chi connectivity index (χ1) is 5.62. The molecule has 5 heteroatoms. The van der Waals surface area contributed by atoms with Gasteiger partial charge in [0.1, 0.15) is 0 Å². The van der Waals surface area contributed by atoms with Crippen LogP contribution in [0.2, 0.25) is 0 Å². The highest BCUT2D eigenvalue weighted by Crippen LogP contribution is 2.35. The number of nitrogens with one attached hydrogen (secondary N) is 1. The lowest BCUT2D eigenvalue weighted by Gasteiger charge is -2.33. The first-order valence-corrected chi connectivity index (χ1v) is 5.71. The van der Waals surface area contributed by atoms with E-state index in [9.17, 15) is 8.42 Å². The maximum atomic E-state index is 11.1. The quantitative estimate of drug-likeness (QED) is 0.608. The van der Waals surface area contributed by atoms with Crippen molar-refractivity contribution in [1.29, 1.82) is 0 Å². The molecule has 2 rings (SSSR count). The largest absolute Gasteiger partial charge is 0.336 e. The van der Waals surface area contributed by atoms with Crippen molar-refractivity contribution in [3.8, 4) is 0 Å². The Kier molecular flexibility index (Phi) is 1.89. The number of hydrogen-bond acceptors (Lipinski definition) is 3. The van der Waals surface area contributed by atoms with Crippen LogP contribution in [0.25, 0.3) is 0 Å². The molecular weight excluding hydrogens is 178 g/mol. The smallest absolute Gasteiger partial charge is 0.258 e. The minimum atomic E-state index is -3.42. The molecule has 1 N–H and O–H groups in total. The molecule has 0 amide bonds. The zero-order valence-corrected chi connectivity index (χ0v) is 7.69. The summed E-state index contributed by atoms with van der Waals surface area (Å²) >= 11 is 0. The van der Waals surface area contributed by atoms with Gasteiger partial charge in [0.25, 0.3) is 0 Å². The van der Waals surface area contributed by atoms with Crippen molar-refractivity contribution in [3.05, 3.63) is 0 Å². The molecule has 0 bridgehead atoms. The summed E-state index contributed by atoms with van der Waals surface area (Å²) in [6, 6.07) is 0. The summed E-state index contributed by atoms with van der Waals surface area (Å²) in [6.07, 6.45) is 5.02. The van der Waals surface area contributed by atoms with Crippen molar-refractivity contribution >= 4 is 10.3 Å². The molecule has 2 aliphatic rings. The Bertz CT molecular complexity index is 266. The Balaban J connectivity index is 2.17. The first-order valence-electron chi connectivity index (χ1n) is 4.30. The van der Waals surface area contributed by atoms with E-state index < -0.39 is 10.3 Å². The highest BCUT2D eigenvalue weighted by Gasteiger charge is 2.40. The fourth-order valence-electron chi connectivity index (χ4n) is 2.10. The van der Waals surface area contributed by atoms with Gasteiger partial charge in [-0.3, -0.25) is 4.18 Å². The third-order valence-corrected chi connectivity index (χ3v) is 3.88. The van der Waals surface area contributed by atoms with Crippen LogP contribution in [0, 0.1) is 0 Å². The summed E-state index contributed by atoms with van der Waals surface area (Å²) in [5.41, 5.74) is -0.156. The van der Waals surface area contributed by atoms with Gasteiger partial charge in [-0.2, -0.15) is 13.1 Å². The van der Waals surface area contributed by atoms with Crippen LogP contribution in [-0.4, -0.2) is 20.6 Å². The lowest BCUT2D eigenvalue weighted by molar-refractivity contribution is 0.201. The highest BCUT2D eigenvalue weighted by atomic mass is 32.2. The monoisotopic (exact) mass is 191 g/mol. The summed E-state index contributed by atoms with van der Waals surface area (Å²) in [4.78, 5) is 0. The van der Waals surface area contributed by atoms with E-state index in [2.05, 4.69) is 8.91 Å². The van der Waals surface area contributed by atoms with E-state index in [0.717, 1.165) is 32.1 Å². The van der Waals surface area contributed by atoms with Gasteiger partial charge in [-0.15, -0.1) is 0 Å². The lowest BCUT2D eigenvalue weighted by atomic mass is 9.95. The van der Waals surface area contributed by atoms with Crippen LogP contribution >= 0.6 is 0 Å². The van der Waals surface area contributed by atoms with E-state index in [4.69, 9.17) is 0 Å². The van der Waals surface area contributed by atoms with Crippen molar-refractivity contribution in [1.82, 2.24) is 4.72 Å². The standard InChI is InChI=1S/C7H13NO3S/c9-12(10)8-7(5-6-11-12)3-1-2-4-7/h8H,1-6H2. The average Bonchev–Trinajstić information content (AvgIpc) is 2.34. The summed E-state index contributed by atoms with van der Waals surface area (Å²) in [5, 5.41) is 0. The summed E-state index contributed by atoms with van der Waals surface area (Å²) in [5.74, 6) is 0. The van der Waals surface area contributed by atoms with Gasteiger partial charge in [0.15, 0.2) is 0 Å². The topological polar surface area (TPSA) is 55.4 Å². The van der Waals surface area contributed by atoms with Gasteiger partial charge in [0, 0.05) is 5.54 Å². The molecule has 0 aromatic carbocycles. The summed E-state index contributed by atoms with van der Waals surface area (Å²) in [6.45, 7) is 0.343. The molecule has 12 heavy (non-hydrogen) atoms. The third kappa shape index (κ3) is 1.48. The fraction of sp³-hybridized carbons (Fsp3) is 1.00. The lowest BCUT2D eigenvalue weighted by Crippen LogP contribution is -2.51. The van der Waals surface area contributed by atoms with Gasteiger partial charge in [-0.1, -0.05) is 12.8 Å². The van der Waals surface area contributed by atoms with Crippen molar-refractivity contribution in [2.45, 2.75) is 37.6 Å². The van der Waals surface area contributed by atoms with Crippen molar-refractivity contribution in [3.63, 3.8) is 0 Å². The number of hydrogen-bond donors (Lipinski definition) is 1. The van der Waals surface area contributed by atoms with Gasteiger partial charge < -0.3 is 0 Å². The Labute approximate surface area is 72.6 Å². The van der Waals surface area contributed by atoms with E-state index in [1.165, 1.54) is 0 Å². The van der Waals surface area contributed by atoms with Crippen LogP contribution in [0.3, 0.4) is 0 Å². The molecule has 0 radical (unpaired) electrons. The molecule has 1 saturated carbocycles. The van der Waals surface area contributed by atoms with E-state index in [1.54, 1.807) is 0 Å². The van der Waals surface area contributed by atoms with Crippen LogP contribution in [0.15, 0.2) is 0 Å². The zero-order chi connectivity index (χ0) is 8.66. The average molecular weight is 191 g/mol. The molecule has 0 atom stereocenters. The molecule has 0 unspecified atom stereocenters. The van der Waals surface area contributed by atoms with Gasteiger partial charge in [-0.05, 0) is 19.3 Å². The maximum absolute atomic E-state index is 11.1. The van der Waals surface area contributed by atoms with Crippen molar-refractivity contribution in [2.24, 2.45) is 0 Å². The molecule has 1 aliphatic heterocycles. The molecule has 70 valence electrons. The molecule has 1 saturated heterocycles. The maximum Gasteiger partial charge on any atom is 0.336 e. The predicted octanol–water partition coefficient (Wildman–Crippen LogP) is 0.554. The van der Waals surface area contributed by atoms with Gasteiger partial charge in [0.2, 0.25) is 0 Å². The van der Waals surface area contributed by atoms with Crippen LogP contribution in [0.4, 0.5) is 0 Å². The molecule has 1 heterocycles. The second-order valence-corrected chi connectivity index (χ2v) is 4.96. The highest BCUT2D eigenvalue weighted by molar-refractivity contribution is 7.84. The van der Waals surface area contributed by atoms with Crippen LogP contribution in [0.1, 0.15) is 32.1 Å². The minimum absolute atomic E-state index is 0.156. The normalized spacial score (nSPS) is 32.3. The van der Waals surface area contributed by atoms with E-state index >= 15 is 0 Å². The van der Waals surface area contributed by atoms with E-state index in [1.807, 2.05) is 0 Å². The van der Waals surface area contributed by atoms with Gasteiger partial charge in [-0.25, -0.2) is 0 Å². The summed E-state index contributed by atoms with van der Waals surface area (Å²) in [7, 11) is -3.42.